The van der Waals surface area contributed by atoms with Crippen molar-refractivity contribution < 1.29 is 4.74 Å². The van der Waals surface area contributed by atoms with Gasteiger partial charge in [-0.05, 0) is 69.0 Å². The number of imidazole rings is 1. The molecule has 0 saturated heterocycles. The fourth-order valence-corrected chi connectivity index (χ4v) is 2.98. The topological polar surface area (TPSA) is 26.5 Å². The number of pyridine rings is 1. The molecule has 22 heavy (non-hydrogen) atoms. The molecule has 0 aliphatic rings. The van der Waals surface area contributed by atoms with Crippen LogP contribution >= 0.6 is 0 Å². The van der Waals surface area contributed by atoms with Crippen LogP contribution < -0.4 is 4.74 Å². The molecule has 0 fully saturated rings. The van der Waals surface area contributed by atoms with E-state index < -0.39 is 0 Å². The first-order chi connectivity index (χ1) is 10.5. The zero-order valence-corrected chi connectivity index (χ0v) is 13.9. The van der Waals surface area contributed by atoms with E-state index in [2.05, 4.69) is 40.0 Å². The van der Waals surface area contributed by atoms with Crippen molar-refractivity contribution in [3.63, 3.8) is 0 Å². The molecule has 0 aliphatic carbocycles. The molecule has 3 nitrogen and oxygen atoms in total. The Morgan fingerprint density at radius 3 is 2.41 bits per heavy atom. The molecule has 0 amide bonds. The zero-order chi connectivity index (χ0) is 15.9. The maximum absolute atomic E-state index is 5.69. The van der Waals surface area contributed by atoms with Crippen LogP contribution in [0.1, 0.15) is 29.2 Å². The van der Waals surface area contributed by atoms with Crippen molar-refractivity contribution >= 4 is 5.65 Å². The number of rotatable bonds is 3. The van der Waals surface area contributed by atoms with Crippen LogP contribution in [0, 0.1) is 27.7 Å². The third-order valence-corrected chi connectivity index (χ3v) is 4.37. The molecule has 0 spiro atoms. The van der Waals surface area contributed by atoms with E-state index in [9.17, 15) is 0 Å². The van der Waals surface area contributed by atoms with Crippen LogP contribution in [0.3, 0.4) is 0 Å². The van der Waals surface area contributed by atoms with Gasteiger partial charge >= 0.3 is 0 Å². The zero-order valence-electron chi connectivity index (χ0n) is 13.9. The number of benzene rings is 1. The number of ether oxygens (including phenoxy) is 1. The molecule has 0 unspecified atom stereocenters. The summed E-state index contributed by atoms with van der Waals surface area (Å²) < 4.78 is 7.73. The summed E-state index contributed by atoms with van der Waals surface area (Å²) in [6.07, 6.45) is 4.10. The summed E-state index contributed by atoms with van der Waals surface area (Å²) in [4.78, 5) is 4.84. The van der Waals surface area contributed by atoms with E-state index in [1.54, 1.807) is 0 Å². The van der Waals surface area contributed by atoms with Crippen LogP contribution in [0.25, 0.3) is 16.9 Å². The Morgan fingerprint density at radius 2 is 1.77 bits per heavy atom. The highest BCUT2D eigenvalue weighted by Crippen LogP contribution is 2.32. The normalized spacial score (nSPS) is 11.1. The Bertz CT molecular complexity index is 820. The van der Waals surface area contributed by atoms with Crippen molar-refractivity contribution in [2.24, 2.45) is 0 Å². The van der Waals surface area contributed by atoms with Gasteiger partial charge < -0.3 is 9.14 Å². The van der Waals surface area contributed by atoms with Crippen molar-refractivity contribution in [3.05, 3.63) is 52.8 Å². The Morgan fingerprint density at radius 1 is 1.09 bits per heavy atom. The van der Waals surface area contributed by atoms with Crippen LogP contribution in [0.15, 0.2) is 30.6 Å². The summed E-state index contributed by atoms with van der Waals surface area (Å²) in [7, 11) is 0. The standard InChI is InChI=1S/C19H22N2O/c1-6-22-17-8-7-9-21-11-16(20-19(17)21)18-14(4)12(2)10-13(3)15(18)5/h7-11H,6H2,1-5H3. The number of hydrogen-bond donors (Lipinski definition) is 0. The van der Waals surface area contributed by atoms with Gasteiger partial charge in [0.05, 0.1) is 12.3 Å². The fourth-order valence-electron chi connectivity index (χ4n) is 2.98. The predicted molar refractivity (Wildman–Crippen MR) is 90.7 cm³/mol. The molecule has 114 valence electrons. The molecule has 3 rings (SSSR count). The quantitative estimate of drug-likeness (QED) is 0.704. The minimum absolute atomic E-state index is 0.642. The van der Waals surface area contributed by atoms with E-state index in [4.69, 9.17) is 9.72 Å². The van der Waals surface area contributed by atoms with E-state index in [-0.39, 0.29) is 0 Å². The Hall–Kier alpha value is -2.29. The summed E-state index contributed by atoms with van der Waals surface area (Å²) in [6, 6.07) is 6.21. The molecule has 0 N–H and O–H groups in total. The first-order valence-corrected chi connectivity index (χ1v) is 7.71. The van der Waals surface area contributed by atoms with Gasteiger partial charge in [0.2, 0.25) is 0 Å². The second-order valence-electron chi connectivity index (χ2n) is 5.80. The van der Waals surface area contributed by atoms with Gasteiger partial charge in [-0.15, -0.1) is 0 Å². The fraction of sp³-hybridized carbons (Fsp3) is 0.316. The van der Waals surface area contributed by atoms with E-state index >= 15 is 0 Å². The Labute approximate surface area is 131 Å². The second-order valence-corrected chi connectivity index (χ2v) is 5.80. The predicted octanol–water partition coefficient (Wildman–Crippen LogP) is 4.63. The Balaban J connectivity index is 2.26. The summed E-state index contributed by atoms with van der Waals surface area (Å²) in [5.41, 5.74) is 8.32. The molecule has 3 aromatic rings. The molecule has 2 heterocycles. The van der Waals surface area contributed by atoms with Gasteiger partial charge in [-0.1, -0.05) is 6.07 Å². The lowest BCUT2D eigenvalue weighted by atomic mass is 9.93. The summed E-state index contributed by atoms with van der Waals surface area (Å²) >= 11 is 0. The molecule has 3 heteroatoms. The molecule has 1 aromatic carbocycles. The lowest BCUT2D eigenvalue weighted by Gasteiger charge is -2.13. The molecule has 0 radical (unpaired) electrons. The number of nitrogens with zero attached hydrogens (tertiary/aromatic N) is 2. The maximum Gasteiger partial charge on any atom is 0.180 e. The average molecular weight is 294 g/mol. The molecular formula is C19H22N2O. The van der Waals surface area contributed by atoms with Crippen LogP contribution in [-0.4, -0.2) is 16.0 Å². The average Bonchev–Trinajstić information content (AvgIpc) is 2.90. The van der Waals surface area contributed by atoms with Crippen molar-refractivity contribution in [2.45, 2.75) is 34.6 Å². The van der Waals surface area contributed by atoms with Gasteiger partial charge in [-0.2, -0.15) is 0 Å². The molecular weight excluding hydrogens is 272 g/mol. The third kappa shape index (κ3) is 2.27. The van der Waals surface area contributed by atoms with Gasteiger partial charge in [0.1, 0.15) is 0 Å². The first-order valence-electron chi connectivity index (χ1n) is 7.71. The monoisotopic (exact) mass is 294 g/mol. The van der Waals surface area contributed by atoms with Gasteiger partial charge in [-0.25, -0.2) is 4.98 Å². The van der Waals surface area contributed by atoms with E-state index in [0.717, 1.165) is 17.1 Å². The smallest absolute Gasteiger partial charge is 0.180 e. The summed E-state index contributed by atoms with van der Waals surface area (Å²) in [6.45, 7) is 11.3. The minimum atomic E-state index is 0.642. The maximum atomic E-state index is 5.69. The molecule has 0 atom stereocenters. The largest absolute Gasteiger partial charge is 0.490 e. The first kappa shape index (κ1) is 14.6. The SMILES string of the molecule is CCOc1cccn2cc(-c3c(C)c(C)cc(C)c3C)nc12. The number of fused-ring (bicyclic) bond motifs is 1. The van der Waals surface area contributed by atoms with Gasteiger partial charge in [0.25, 0.3) is 0 Å². The summed E-state index contributed by atoms with van der Waals surface area (Å²) in [5, 5.41) is 0. The number of aromatic nitrogens is 2. The van der Waals surface area contributed by atoms with Crippen molar-refractivity contribution in [1.82, 2.24) is 9.38 Å². The van der Waals surface area contributed by atoms with Crippen LogP contribution in [0.5, 0.6) is 5.75 Å². The number of aryl methyl sites for hydroxylation is 2. The van der Waals surface area contributed by atoms with Crippen molar-refractivity contribution in [1.29, 1.82) is 0 Å². The van der Waals surface area contributed by atoms with Gasteiger partial charge in [-0.3, -0.25) is 0 Å². The lowest BCUT2D eigenvalue weighted by Crippen LogP contribution is -1.95. The van der Waals surface area contributed by atoms with Crippen LogP contribution in [0.2, 0.25) is 0 Å². The van der Waals surface area contributed by atoms with Gasteiger partial charge in [0.15, 0.2) is 11.4 Å². The number of hydrogen-bond acceptors (Lipinski definition) is 2. The molecule has 0 aliphatic heterocycles. The Kier molecular flexibility index (Phi) is 3.65. The summed E-state index contributed by atoms with van der Waals surface area (Å²) in [5.74, 6) is 0.830. The second kappa shape index (κ2) is 5.48. The van der Waals surface area contributed by atoms with Crippen LogP contribution in [-0.2, 0) is 0 Å². The van der Waals surface area contributed by atoms with Crippen molar-refractivity contribution in [2.75, 3.05) is 6.61 Å². The highest BCUT2D eigenvalue weighted by Gasteiger charge is 2.15. The molecule has 0 bridgehead atoms. The molecule has 2 aromatic heterocycles. The van der Waals surface area contributed by atoms with Crippen molar-refractivity contribution in [3.8, 4) is 17.0 Å². The van der Waals surface area contributed by atoms with Crippen LogP contribution in [0.4, 0.5) is 0 Å². The van der Waals surface area contributed by atoms with E-state index in [1.165, 1.54) is 27.8 Å². The highest BCUT2D eigenvalue weighted by atomic mass is 16.5. The lowest BCUT2D eigenvalue weighted by molar-refractivity contribution is 0.342. The van der Waals surface area contributed by atoms with Gasteiger partial charge in [0, 0.05) is 18.0 Å². The van der Waals surface area contributed by atoms with E-state index in [0.29, 0.717) is 6.61 Å². The highest BCUT2D eigenvalue weighted by molar-refractivity contribution is 5.73. The minimum Gasteiger partial charge on any atom is -0.490 e. The van der Waals surface area contributed by atoms with E-state index in [1.807, 2.05) is 29.7 Å². The molecule has 0 saturated carbocycles. The third-order valence-electron chi connectivity index (χ3n) is 4.37.